The van der Waals surface area contributed by atoms with E-state index in [4.69, 9.17) is 0 Å². The van der Waals surface area contributed by atoms with Gasteiger partial charge in [-0.05, 0) is 104 Å². The Morgan fingerprint density at radius 2 is 1.00 bits per heavy atom. The van der Waals surface area contributed by atoms with Gasteiger partial charge in [-0.3, -0.25) is 0 Å². The number of aromatic nitrogens is 1. The van der Waals surface area contributed by atoms with Gasteiger partial charge >= 0.3 is 0 Å². The number of nitrogens with zero attached hydrogens (tertiary/aromatic N) is 1. The molecule has 0 spiro atoms. The summed E-state index contributed by atoms with van der Waals surface area (Å²) >= 11 is 0. The van der Waals surface area contributed by atoms with Gasteiger partial charge in [-0.25, -0.2) is 0 Å². The van der Waals surface area contributed by atoms with Crippen LogP contribution in [-0.2, 0) is 0 Å². The molecule has 1 heteroatoms. The second kappa shape index (κ2) is 12.2. The molecule has 0 saturated carbocycles. The smallest absolute Gasteiger partial charge is 0.0619 e. The van der Waals surface area contributed by atoms with Crippen molar-refractivity contribution in [2.75, 3.05) is 0 Å². The first kappa shape index (κ1) is 29.7. The third kappa shape index (κ3) is 5.12. The van der Waals surface area contributed by atoms with Gasteiger partial charge in [0.2, 0.25) is 0 Å². The van der Waals surface area contributed by atoms with Gasteiger partial charge in [-0.2, -0.15) is 0 Å². The van der Waals surface area contributed by atoms with E-state index < -0.39 is 0 Å². The summed E-state index contributed by atoms with van der Waals surface area (Å²) in [5.74, 6) is 0. The van der Waals surface area contributed by atoms with Gasteiger partial charge < -0.3 is 4.57 Å². The van der Waals surface area contributed by atoms with Gasteiger partial charge in [0.25, 0.3) is 0 Å². The van der Waals surface area contributed by atoms with E-state index in [0.717, 1.165) is 5.69 Å². The van der Waals surface area contributed by atoms with Crippen molar-refractivity contribution >= 4 is 48.9 Å². The monoisotopic (exact) mass is 637 g/mol. The Balaban J connectivity index is 1.19. The lowest BCUT2D eigenvalue weighted by atomic mass is 9.96. The van der Waals surface area contributed by atoms with Crippen molar-refractivity contribution < 1.29 is 0 Å². The lowest BCUT2D eigenvalue weighted by Crippen LogP contribution is -1.94. The molecule has 0 aliphatic heterocycles. The highest BCUT2D eigenvalue weighted by atomic mass is 15.0. The van der Waals surface area contributed by atoms with Crippen molar-refractivity contribution in [2.45, 2.75) is 6.92 Å². The first-order valence-corrected chi connectivity index (χ1v) is 17.2. The molecule has 0 saturated heterocycles. The Kier molecular flexibility index (Phi) is 7.25. The topological polar surface area (TPSA) is 4.93 Å². The Hall–Kier alpha value is -6.44. The minimum absolute atomic E-state index is 1.16. The van der Waals surface area contributed by atoms with Crippen LogP contribution in [0.25, 0.3) is 88.0 Å². The number of allylic oxidation sites excluding steroid dienone is 3. The van der Waals surface area contributed by atoms with Crippen LogP contribution in [0, 0.1) is 0 Å². The molecule has 1 nitrogen and oxygen atoms in total. The molecule has 0 N–H and O–H groups in total. The molecule has 0 atom stereocenters. The molecular weight excluding hydrogens is 603 g/mol. The highest BCUT2D eigenvalue weighted by Gasteiger charge is 2.17. The molecule has 0 aliphatic rings. The Morgan fingerprint density at radius 1 is 0.460 bits per heavy atom. The van der Waals surface area contributed by atoms with Gasteiger partial charge in [0, 0.05) is 21.8 Å². The third-order valence-corrected chi connectivity index (χ3v) is 10.1. The number of rotatable bonds is 6. The average molecular weight is 638 g/mol. The van der Waals surface area contributed by atoms with Crippen LogP contribution in [-0.4, -0.2) is 4.57 Å². The van der Waals surface area contributed by atoms with E-state index in [1.165, 1.54) is 87.9 Å². The maximum atomic E-state index is 3.87. The normalized spacial score (nSPS) is 11.9. The molecule has 9 rings (SSSR count). The largest absolute Gasteiger partial charge is 0.309 e. The number of fused-ring (bicyclic) bond motifs is 6. The highest BCUT2D eigenvalue weighted by Crippen LogP contribution is 2.40. The van der Waals surface area contributed by atoms with Crippen LogP contribution >= 0.6 is 0 Å². The second-order valence-corrected chi connectivity index (χ2v) is 13.1. The molecule has 0 aliphatic carbocycles. The Bertz CT molecular complexity index is 2740. The minimum Gasteiger partial charge on any atom is -0.309 e. The van der Waals surface area contributed by atoms with Crippen LogP contribution in [0.4, 0.5) is 0 Å². The maximum absolute atomic E-state index is 3.87. The summed E-state index contributed by atoms with van der Waals surface area (Å²) in [4.78, 5) is 0. The summed E-state index contributed by atoms with van der Waals surface area (Å²) in [7, 11) is 0. The van der Waals surface area contributed by atoms with Crippen molar-refractivity contribution in [3.63, 3.8) is 0 Å². The first-order valence-electron chi connectivity index (χ1n) is 17.2. The standard InChI is InChI=1S/C49H35N/c1-3-10-33(2)38-21-19-37-20-22-39(31-43(37)29-38)40-23-26-45-42(30-40)25-28-47-46-27-24-41(32-48(46)50(49(45)47)44-13-8-5-9-14-44)36-17-15-35(16-18-36)34-11-6-4-7-12-34/h3-32H,1H2,2H3/b33-10+. The second-order valence-electron chi connectivity index (χ2n) is 13.1. The van der Waals surface area contributed by atoms with Gasteiger partial charge in [-0.1, -0.05) is 152 Å². The van der Waals surface area contributed by atoms with E-state index in [-0.39, 0.29) is 0 Å². The zero-order chi connectivity index (χ0) is 33.6. The van der Waals surface area contributed by atoms with Crippen LogP contribution in [0.15, 0.2) is 189 Å². The summed E-state index contributed by atoms with van der Waals surface area (Å²) in [6, 6.07) is 62.2. The highest BCUT2D eigenvalue weighted by molar-refractivity contribution is 6.19. The van der Waals surface area contributed by atoms with Gasteiger partial charge in [0.05, 0.1) is 11.0 Å². The molecule has 236 valence electrons. The predicted molar refractivity (Wildman–Crippen MR) is 216 cm³/mol. The maximum Gasteiger partial charge on any atom is 0.0619 e. The van der Waals surface area contributed by atoms with E-state index in [2.05, 4.69) is 194 Å². The van der Waals surface area contributed by atoms with Crippen molar-refractivity contribution in [3.8, 4) is 39.1 Å². The van der Waals surface area contributed by atoms with Crippen LogP contribution < -0.4 is 0 Å². The Labute approximate surface area is 292 Å². The van der Waals surface area contributed by atoms with Gasteiger partial charge in [0.15, 0.2) is 0 Å². The molecule has 0 radical (unpaired) electrons. The zero-order valence-electron chi connectivity index (χ0n) is 28.0. The lowest BCUT2D eigenvalue weighted by molar-refractivity contribution is 1.19. The summed E-state index contributed by atoms with van der Waals surface area (Å²) in [6.07, 6.45) is 3.91. The number of hydrogen-bond acceptors (Lipinski definition) is 0. The SMILES string of the molecule is C=C/C=C(\C)c1ccc2ccc(-c3ccc4c(ccc5c6ccc(-c7ccc(-c8ccccc8)cc7)cc6n(-c6ccccc6)c45)c3)cc2c1. The van der Waals surface area contributed by atoms with Crippen molar-refractivity contribution in [1.29, 1.82) is 0 Å². The molecule has 0 fully saturated rings. The van der Waals surface area contributed by atoms with Gasteiger partial charge in [-0.15, -0.1) is 0 Å². The van der Waals surface area contributed by atoms with Gasteiger partial charge in [0.1, 0.15) is 0 Å². The van der Waals surface area contributed by atoms with E-state index in [9.17, 15) is 0 Å². The van der Waals surface area contributed by atoms with E-state index in [0.29, 0.717) is 0 Å². The third-order valence-electron chi connectivity index (χ3n) is 10.1. The summed E-state index contributed by atoms with van der Waals surface area (Å²) in [5, 5.41) is 7.47. The number of para-hydroxylation sites is 1. The molecule has 0 unspecified atom stereocenters. The summed E-state index contributed by atoms with van der Waals surface area (Å²) < 4.78 is 2.45. The van der Waals surface area contributed by atoms with Crippen molar-refractivity contribution in [1.82, 2.24) is 4.57 Å². The number of benzene rings is 8. The molecule has 8 aromatic carbocycles. The summed E-state index contributed by atoms with van der Waals surface area (Å²) in [5.41, 5.74) is 13.3. The van der Waals surface area contributed by atoms with Crippen LogP contribution in [0.5, 0.6) is 0 Å². The molecule has 50 heavy (non-hydrogen) atoms. The molecule has 0 amide bonds. The van der Waals surface area contributed by atoms with E-state index >= 15 is 0 Å². The molecule has 9 aromatic rings. The Morgan fingerprint density at radius 3 is 1.74 bits per heavy atom. The average Bonchev–Trinajstić information content (AvgIpc) is 3.52. The zero-order valence-corrected chi connectivity index (χ0v) is 28.0. The molecular formula is C49H35N. The summed E-state index contributed by atoms with van der Waals surface area (Å²) in [6.45, 7) is 6.01. The van der Waals surface area contributed by atoms with E-state index in [1.54, 1.807) is 0 Å². The molecule has 0 bridgehead atoms. The lowest BCUT2D eigenvalue weighted by Gasteiger charge is -2.12. The van der Waals surface area contributed by atoms with E-state index in [1.807, 2.05) is 6.08 Å². The fourth-order valence-corrected chi connectivity index (χ4v) is 7.47. The fraction of sp³-hybridized carbons (Fsp3) is 0.0204. The number of hydrogen-bond donors (Lipinski definition) is 0. The van der Waals surface area contributed by atoms with Crippen LogP contribution in [0.1, 0.15) is 12.5 Å². The van der Waals surface area contributed by atoms with Crippen LogP contribution in [0.2, 0.25) is 0 Å². The van der Waals surface area contributed by atoms with Crippen molar-refractivity contribution in [2.24, 2.45) is 0 Å². The predicted octanol–water partition coefficient (Wildman–Crippen LogP) is 13.7. The first-order chi connectivity index (χ1) is 24.6. The molecule has 1 aromatic heterocycles. The minimum atomic E-state index is 1.16. The molecule has 1 heterocycles. The van der Waals surface area contributed by atoms with Crippen molar-refractivity contribution in [3.05, 3.63) is 194 Å². The van der Waals surface area contributed by atoms with Crippen LogP contribution in [0.3, 0.4) is 0 Å². The fourth-order valence-electron chi connectivity index (χ4n) is 7.47. The quantitative estimate of drug-likeness (QED) is 0.160.